The first kappa shape index (κ1) is 27.5. The SMILES string of the molecule is C=Ic1ccc(CN(CC2CCN(C)CC2)C(=O)NCC2=CC=C(OCC(C)CC)CC#C2)cc1. The van der Waals surface area contributed by atoms with Gasteiger partial charge >= 0.3 is 6.03 Å². The molecular formula is C29H40IN3O2. The van der Waals surface area contributed by atoms with Crippen LogP contribution in [0.5, 0.6) is 0 Å². The first-order chi connectivity index (χ1) is 17.0. The first-order valence-corrected chi connectivity index (χ1v) is 15.3. The van der Waals surface area contributed by atoms with E-state index in [9.17, 15) is 4.79 Å². The highest BCUT2D eigenvalue weighted by molar-refractivity contribution is 14.2. The van der Waals surface area contributed by atoms with Crippen LogP contribution in [0.15, 0.2) is 47.7 Å². The van der Waals surface area contributed by atoms with Crippen LogP contribution in [-0.4, -0.2) is 60.2 Å². The molecule has 190 valence electrons. The third-order valence-corrected chi connectivity index (χ3v) is 8.31. The van der Waals surface area contributed by atoms with Gasteiger partial charge in [0.2, 0.25) is 0 Å². The largest absolute Gasteiger partial charge is 0.497 e. The van der Waals surface area contributed by atoms with Gasteiger partial charge in [-0.3, -0.25) is 0 Å². The lowest BCUT2D eigenvalue weighted by atomic mass is 9.96. The van der Waals surface area contributed by atoms with E-state index in [1.807, 2.05) is 17.1 Å². The third-order valence-electron chi connectivity index (χ3n) is 6.71. The van der Waals surface area contributed by atoms with Crippen molar-refractivity contribution in [3.63, 3.8) is 0 Å². The van der Waals surface area contributed by atoms with Crippen LogP contribution in [0.2, 0.25) is 0 Å². The zero-order chi connectivity index (χ0) is 25.0. The fourth-order valence-corrected chi connectivity index (χ4v) is 4.93. The lowest BCUT2D eigenvalue weighted by molar-refractivity contribution is 0.156. The van der Waals surface area contributed by atoms with Crippen molar-refractivity contribution in [2.45, 2.75) is 46.1 Å². The number of amides is 2. The number of piperidine rings is 1. The Hall–Kier alpha value is -2.11. The highest BCUT2D eigenvalue weighted by Gasteiger charge is 2.23. The highest BCUT2D eigenvalue weighted by Crippen LogP contribution is 2.20. The number of halogens is 1. The Morgan fingerprint density at radius 2 is 2.03 bits per heavy atom. The monoisotopic (exact) mass is 589 g/mol. The smallest absolute Gasteiger partial charge is 0.317 e. The quantitative estimate of drug-likeness (QED) is 0.278. The molecule has 2 amide bonds. The van der Waals surface area contributed by atoms with Crippen LogP contribution in [0.3, 0.4) is 0 Å². The third kappa shape index (κ3) is 9.46. The molecule has 1 fully saturated rings. The Labute approximate surface area is 221 Å². The molecule has 1 aliphatic heterocycles. The fourth-order valence-electron chi connectivity index (χ4n) is 4.07. The summed E-state index contributed by atoms with van der Waals surface area (Å²) >= 11 is -0.163. The van der Waals surface area contributed by atoms with Crippen molar-refractivity contribution < 1.29 is 9.53 Å². The summed E-state index contributed by atoms with van der Waals surface area (Å²) in [5.41, 5.74) is 2.07. The average molecular weight is 590 g/mol. The van der Waals surface area contributed by atoms with Crippen molar-refractivity contribution in [2.24, 2.45) is 11.8 Å². The lowest BCUT2D eigenvalue weighted by Gasteiger charge is -2.33. The van der Waals surface area contributed by atoms with Crippen LogP contribution in [0.25, 0.3) is 0 Å². The van der Waals surface area contributed by atoms with Crippen LogP contribution < -0.4 is 5.32 Å². The molecule has 6 heteroatoms. The molecule has 1 heterocycles. The Morgan fingerprint density at radius 3 is 2.71 bits per heavy atom. The summed E-state index contributed by atoms with van der Waals surface area (Å²) in [5.74, 6) is 8.34. The minimum absolute atomic E-state index is 0.0261. The molecule has 2 aliphatic rings. The minimum Gasteiger partial charge on any atom is -0.497 e. The number of ether oxygens (including phenoxy) is 1. The van der Waals surface area contributed by atoms with Gasteiger partial charge in [-0.05, 0) is 74.7 Å². The van der Waals surface area contributed by atoms with Gasteiger partial charge < -0.3 is 19.9 Å². The molecule has 5 nitrogen and oxygen atoms in total. The van der Waals surface area contributed by atoms with Gasteiger partial charge in [0.1, 0.15) is 5.76 Å². The standard InChI is InChI=1S/C29H40IN3O2/c1-5-23(2)22-35-28-8-6-7-24(11-14-28)19-31-29(34)33(21-26-15-17-32(4)18-16-26)20-25-9-12-27(30-3)13-10-25/h9-14,23,26H,3,5,8,15-22H2,1-2,4H3,(H,31,34). The number of rotatable bonds is 11. The summed E-state index contributed by atoms with van der Waals surface area (Å²) in [5, 5.41) is 3.13. The predicted molar refractivity (Wildman–Crippen MR) is 154 cm³/mol. The molecule has 3 rings (SSSR count). The van der Waals surface area contributed by atoms with Crippen molar-refractivity contribution in [1.29, 1.82) is 0 Å². The number of likely N-dealkylation sites (tertiary alicyclic amines) is 1. The molecule has 1 aromatic carbocycles. The van der Waals surface area contributed by atoms with E-state index < -0.39 is 0 Å². The van der Waals surface area contributed by atoms with Crippen molar-refractivity contribution in [1.82, 2.24) is 15.1 Å². The number of carbonyl (C=O) groups is 1. The number of nitrogens with zero attached hydrogens (tertiary/aromatic N) is 2. The van der Waals surface area contributed by atoms with Crippen molar-refractivity contribution in [2.75, 3.05) is 39.8 Å². The van der Waals surface area contributed by atoms with E-state index in [0.717, 1.165) is 55.8 Å². The minimum atomic E-state index is -0.163. The van der Waals surface area contributed by atoms with Gasteiger partial charge in [0.15, 0.2) is 0 Å². The summed E-state index contributed by atoms with van der Waals surface area (Å²) < 4.78 is 11.3. The number of urea groups is 1. The van der Waals surface area contributed by atoms with Gasteiger partial charge in [-0.25, -0.2) is 4.79 Å². The van der Waals surface area contributed by atoms with Crippen molar-refractivity contribution >= 4 is 31.3 Å². The molecule has 0 bridgehead atoms. The van der Waals surface area contributed by atoms with E-state index in [4.69, 9.17) is 4.74 Å². The van der Waals surface area contributed by atoms with E-state index in [2.05, 4.69) is 71.7 Å². The number of carbonyl (C=O) groups excluding carboxylic acids is 1. The Morgan fingerprint density at radius 1 is 1.29 bits per heavy atom. The molecule has 1 saturated heterocycles. The zero-order valence-electron chi connectivity index (χ0n) is 21.5. The van der Waals surface area contributed by atoms with E-state index in [0.29, 0.717) is 38.0 Å². The molecule has 0 spiro atoms. The van der Waals surface area contributed by atoms with Gasteiger partial charge in [-0.1, -0.05) is 69.5 Å². The summed E-state index contributed by atoms with van der Waals surface area (Å²) in [7, 11) is 2.17. The maximum Gasteiger partial charge on any atom is 0.317 e. The van der Waals surface area contributed by atoms with Crippen molar-refractivity contribution in [3.05, 3.63) is 56.9 Å². The molecule has 1 aliphatic carbocycles. The van der Waals surface area contributed by atoms with Gasteiger partial charge in [0, 0.05) is 22.2 Å². The van der Waals surface area contributed by atoms with Gasteiger partial charge in [-0.2, -0.15) is 0 Å². The maximum absolute atomic E-state index is 13.3. The van der Waals surface area contributed by atoms with Crippen LogP contribution in [-0.2, 0) is 11.3 Å². The lowest BCUT2D eigenvalue weighted by Crippen LogP contribution is -2.44. The molecular weight excluding hydrogens is 549 g/mol. The zero-order valence-corrected chi connectivity index (χ0v) is 23.6. The van der Waals surface area contributed by atoms with Gasteiger partial charge in [0.25, 0.3) is 0 Å². The van der Waals surface area contributed by atoms with E-state index in [1.54, 1.807) is 0 Å². The second kappa shape index (κ2) is 14.4. The summed E-state index contributed by atoms with van der Waals surface area (Å²) in [6.45, 7) is 9.09. The first-order valence-electron chi connectivity index (χ1n) is 12.7. The molecule has 0 aromatic heterocycles. The van der Waals surface area contributed by atoms with E-state index in [1.165, 1.54) is 3.57 Å². The summed E-state index contributed by atoms with van der Waals surface area (Å²) in [6, 6.07) is 8.56. The normalized spacial score (nSPS) is 17.3. The molecule has 1 atom stereocenters. The van der Waals surface area contributed by atoms with E-state index in [-0.39, 0.29) is 26.8 Å². The Balaban J connectivity index is 1.61. The van der Waals surface area contributed by atoms with Crippen LogP contribution >= 0.6 is 20.7 Å². The Bertz CT molecular complexity index is 966. The molecule has 35 heavy (non-hydrogen) atoms. The fraction of sp³-hybridized carbons (Fsp3) is 0.517. The molecule has 1 N–H and O–H groups in total. The van der Waals surface area contributed by atoms with E-state index >= 15 is 0 Å². The highest BCUT2D eigenvalue weighted by atomic mass is 127. The summed E-state index contributed by atoms with van der Waals surface area (Å²) in [6.07, 6.45) is 7.94. The molecule has 1 aromatic rings. The number of benzene rings is 1. The number of nitrogens with one attached hydrogen (secondary N) is 1. The summed E-state index contributed by atoms with van der Waals surface area (Å²) in [4.78, 5) is 17.6. The molecule has 0 saturated carbocycles. The number of hydrogen-bond donors (Lipinski definition) is 1. The molecule has 1 unspecified atom stereocenters. The van der Waals surface area contributed by atoms with Crippen molar-refractivity contribution in [3.8, 4) is 11.8 Å². The predicted octanol–water partition coefficient (Wildman–Crippen LogP) is 5.39. The second-order valence-corrected chi connectivity index (χ2v) is 11.7. The van der Waals surface area contributed by atoms with Crippen LogP contribution in [0.4, 0.5) is 4.79 Å². The number of allylic oxidation sites excluding steroid dienone is 3. The molecule has 0 radical (unpaired) electrons. The van der Waals surface area contributed by atoms with Gasteiger partial charge in [0.05, 0.1) is 19.6 Å². The number of hydrogen-bond acceptors (Lipinski definition) is 3. The second-order valence-electron chi connectivity index (χ2n) is 9.67. The maximum atomic E-state index is 13.3. The topological polar surface area (TPSA) is 44.8 Å². The average Bonchev–Trinajstić information content (AvgIpc) is 3.12. The van der Waals surface area contributed by atoms with Gasteiger partial charge in [-0.15, -0.1) is 0 Å². The van der Waals surface area contributed by atoms with Crippen LogP contribution in [0.1, 0.15) is 45.1 Å². The Kier molecular flexibility index (Phi) is 11.3. The van der Waals surface area contributed by atoms with Crippen LogP contribution in [0, 0.1) is 27.2 Å².